The fourth-order valence-corrected chi connectivity index (χ4v) is 3.68. The molecule has 3 rings (SSSR count). The molecule has 0 aliphatic carbocycles. The molecular weight excluding hydrogens is 346 g/mol. The fraction of sp³-hybridized carbons (Fsp3) is 0.474. The van der Waals surface area contributed by atoms with Crippen LogP contribution >= 0.6 is 0 Å². The van der Waals surface area contributed by atoms with E-state index in [0.29, 0.717) is 30.4 Å². The third-order valence-corrected chi connectivity index (χ3v) is 4.86. The summed E-state index contributed by atoms with van der Waals surface area (Å²) in [6.45, 7) is 6.35. The number of benzene rings is 1. The van der Waals surface area contributed by atoms with Crippen LogP contribution in [0.4, 0.5) is 0 Å². The number of nitrogens with zero attached hydrogens (tertiary/aromatic N) is 5. The molecule has 0 aromatic heterocycles. The van der Waals surface area contributed by atoms with Crippen LogP contribution in [0.3, 0.4) is 0 Å². The Morgan fingerprint density at radius 3 is 2.74 bits per heavy atom. The van der Waals surface area contributed by atoms with Crippen molar-refractivity contribution in [3.63, 3.8) is 0 Å². The van der Waals surface area contributed by atoms with E-state index in [-0.39, 0.29) is 0 Å². The SMILES string of the molecule is CC(=O)O[C@H]1[C@H](N2CCN(C)C2=NC#N)c2cc(C#N)ccc2OC1(C)C. The van der Waals surface area contributed by atoms with Gasteiger partial charge in [-0.1, -0.05) is 0 Å². The Morgan fingerprint density at radius 2 is 2.11 bits per heavy atom. The number of hydrogen-bond acceptors (Lipinski definition) is 6. The molecule has 1 fully saturated rings. The molecular formula is C19H21N5O3. The minimum atomic E-state index is -0.809. The number of guanidine groups is 1. The van der Waals surface area contributed by atoms with Crippen molar-refractivity contribution < 1.29 is 14.3 Å². The molecule has 0 saturated carbocycles. The molecule has 2 aliphatic rings. The number of likely N-dealkylation sites (N-methyl/N-ethyl adjacent to an activating group) is 1. The third-order valence-electron chi connectivity index (χ3n) is 4.86. The number of esters is 1. The summed E-state index contributed by atoms with van der Waals surface area (Å²) in [6.07, 6.45) is 1.20. The third kappa shape index (κ3) is 3.26. The number of hydrogen-bond donors (Lipinski definition) is 0. The van der Waals surface area contributed by atoms with E-state index in [0.717, 1.165) is 5.56 Å². The zero-order valence-corrected chi connectivity index (χ0v) is 15.8. The first kappa shape index (κ1) is 18.5. The quantitative estimate of drug-likeness (QED) is 0.580. The standard InChI is InChI=1S/C19H21N5O3/c1-12(25)26-17-16(24-8-7-23(4)18(24)22-11-21)14-9-13(10-20)5-6-15(14)27-19(17,2)3/h5-6,9,16-17H,7-8H2,1-4H3/t16-,17+/m1/s1. The van der Waals surface area contributed by atoms with Gasteiger partial charge in [0.1, 0.15) is 17.4 Å². The normalized spacial score (nSPS) is 24.6. The van der Waals surface area contributed by atoms with Gasteiger partial charge in [-0.2, -0.15) is 10.5 Å². The maximum atomic E-state index is 11.8. The molecule has 0 spiro atoms. The highest BCUT2D eigenvalue weighted by atomic mass is 16.6. The van der Waals surface area contributed by atoms with Gasteiger partial charge in [0.25, 0.3) is 0 Å². The van der Waals surface area contributed by atoms with Crippen LogP contribution in [0.5, 0.6) is 5.75 Å². The largest absolute Gasteiger partial charge is 0.484 e. The lowest BCUT2D eigenvalue weighted by Crippen LogP contribution is -2.56. The van der Waals surface area contributed by atoms with Crippen LogP contribution in [0.1, 0.15) is 37.9 Å². The van der Waals surface area contributed by atoms with E-state index in [2.05, 4.69) is 11.1 Å². The molecule has 2 heterocycles. The summed E-state index contributed by atoms with van der Waals surface area (Å²) in [7, 11) is 1.86. The predicted octanol–water partition coefficient (Wildman–Crippen LogP) is 1.79. The van der Waals surface area contributed by atoms with Gasteiger partial charge in [-0.15, -0.1) is 4.99 Å². The summed E-state index contributed by atoms with van der Waals surface area (Å²) in [6, 6.07) is 6.90. The zero-order valence-electron chi connectivity index (χ0n) is 15.8. The van der Waals surface area contributed by atoms with E-state index < -0.39 is 23.7 Å². The van der Waals surface area contributed by atoms with Crippen LogP contribution in [-0.2, 0) is 9.53 Å². The predicted molar refractivity (Wildman–Crippen MR) is 96.5 cm³/mol. The average molecular weight is 367 g/mol. The summed E-state index contributed by atoms with van der Waals surface area (Å²) >= 11 is 0. The van der Waals surface area contributed by atoms with Crippen molar-refractivity contribution in [2.75, 3.05) is 20.1 Å². The van der Waals surface area contributed by atoms with E-state index in [4.69, 9.17) is 14.7 Å². The summed E-state index contributed by atoms with van der Waals surface area (Å²) in [5, 5.41) is 18.4. The van der Waals surface area contributed by atoms with E-state index in [1.165, 1.54) is 6.92 Å². The summed E-state index contributed by atoms with van der Waals surface area (Å²) in [5.74, 6) is 0.705. The Bertz CT molecular complexity index is 880. The number of aliphatic imine (C=N–C) groups is 1. The van der Waals surface area contributed by atoms with Crippen LogP contribution in [0, 0.1) is 22.8 Å². The van der Waals surface area contributed by atoms with Gasteiger partial charge >= 0.3 is 5.97 Å². The lowest BCUT2D eigenvalue weighted by atomic mass is 9.84. The second-order valence-electron chi connectivity index (χ2n) is 7.17. The van der Waals surface area contributed by atoms with Gasteiger partial charge in [0.05, 0.1) is 11.6 Å². The second-order valence-corrected chi connectivity index (χ2v) is 7.17. The number of carbonyl (C=O) groups is 1. The van der Waals surface area contributed by atoms with E-state index in [9.17, 15) is 10.1 Å². The molecule has 27 heavy (non-hydrogen) atoms. The van der Waals surface area contributed by atoms with Crippen LogP contribution in [0.2, 0.25) is 0 Å². The van der Waals surface area contributed by atoms with Gasteiger partial charge < -0.3 is 19.3 Å². The molecule has 0 amide bonds. The Labute approximate surface area is 158 Å². The van der Waals surface area contributed by atoms with Crippen molar-refractivity contribution in [3.8, 4) is 18.0 Å². The van der Waals surface area contributed by atoms with E-state index in [1.54, 1.807) is 18.2 Å². The lowest BCUT2D eigenvalue weighted by Gasteiger charge is -2.47. The summed E-state index contributed by atoms with van der Waals surface area (Å²) < 4.78 is 11.8. The molecule has 1 saturated heterocycles. The van der Waals surface area contributed by atoms with Crippen molar-refractivity contribution in [2.24, 2.45) is 4.99 Å². The lowest BCUT2D eigenvalue weighted by molar-refractivity contribution is -0.166. The highest BCUT2D eigenvalue weighted by Crippen LogP contribution is 2.45. The minimum absolute atomic E-state index is 0.423. The first-order valence-electron chi connectivity index (χ1n) is 8.63. The molecule has 1 aromatic rings. The smallest absolute Gasteiger partial charge is 0.303 e. The van der Waals surface area contributed by atoms with Crippen molar-refractivity contribution in [1.29, 1.82) is 10.5 Å². The highest BCUT2D eigenvalue weighted by molar-refractivity contribution is 5.83. The number of rotatable bonds is 2. The molecule has 0 bridgehead atoms. The number of carbonyl (C=O) groups excluding carboxylic acids is 1. The molecule has 0 radical (unpaired) electrons. The van der Waals surface area contributed by atoms with Crippen LogP contribution in [0.15, 0.2) is 23.2 Å². The molecule has 8 heteroatoms. The number of fused-ring (bicyclic) bond motifs is 1. The van der Waals surface area contributed by atoms with Crippen LogP contribution < -0.4 is 4.74 Å². The van der Waals surface area contributed by atoms with Crippen LogP contribution in [0.25, 0.3) is 0 Å². The average Bonchev–Trinajstić information content (AvgIpc) is 2.96. The second kappa shape index (κ2) is 6.81. The van der Waals surface area contributed by atoms with Crippen molar-refractivity contribution in [2.45, 2.75) is 38.5 Å². The van der Waals surface area contributed by atoms with Crippen molar-refractivity contribution in [1.82, 2.24) is 9.80 Å². The van der Waals surface area contributed by atoms with Gasteiger partial charge in [-0.25, -0.2) is 0 Å². The molecule has 140 valence electrons. The van der Waals surface area contributed by atoms with Gasteiger partial charge in [0.15, 0.2) is 6.10 Å². The molecule has 0 N–H and O–H groups in total. The highest BCUT2D eigenvalue weighted by Gasteiger charge is 2.50. The minimum Gasteiger partial charge on any atom is -0.484 e. The Balaban J connectivity index is 2.19. The van der Waals surface area contributed by atoms with Crippen molar-refractivity contribution >= 4 is 11.9 Å². The Hall–Kier alpha value is -3.26. The monoisotopic (exact) mass is 367 g/mol. The van der Waals surface area contributed by atoms with Crippen LogP contribution in [-0.4, -0.2) is 53.6 Å². The number of nitriles is 2. The maximum absolute atomic E-state index is 11.8. The van der Waals surface area contributed by atoms with E-state index >= 15 is 0 Å². The molecule has 0 unspecified atom stereocenters. The van der Waals surface area contributed by atoms with Crippen molar-refractivity contribution in [3.05, 3.63) is 29.3 Å². The van der Waals surface area contributed by atoms with Gasteiger partial charge in [0.2, 0.25) is 12.2 Å². The Morgan fingerprint density at radius 1 is 1.37 bits per heavy atom. The first-order valence-corrected chi connectivity index (χ1v) is 8.63. The summed E-state index contributed by atoms with van der Waals surface area (Å²) in [4.78, 5) is 19.6. The Kier molecular flexibility index (Phi) is 4.67. The maximum Gasteiger partial charge on any atom is 0.303 e. The molecule has 2 aliphatic heterocycles. The van der Waals surface area contributed by atoms with Gasteiger partial charge in [-0.05, 0) is 32.0 Å². The van der Waals surface area contributed by atoms with Gasteiger partial charge in [-0.3, -0.25) is 4.79 Å². The van der Waals surface area contributed by atoms with Gasteiger partial charge in [0, 0.05) is 32.6 Å². The molecule has 8 nitrogen and oxygen atoms in total. The first-order chi connectivity index (χ1) is 12.8. The summed E-state index contributed by atoms with van der Waals surface area (Å²) in [5.41, 5.74) is 0.409. The molecule has 1 aromatic carbocycles. The zero-order chi connectivity index (χ0) is 19.8. The van der Waals surface area contributed by atoms with E-state index in [1.807, 2.05) is 36.9 Å². The topological polar surface area (TPSA) is 102 Å². The molecule has 2 atom stereocenters. The number of ether oxygens (including phenoxy) is 2. The fourth-order valence-electron chi connectivity index (χ4n) is 3.68.